The molecule has 0 bridgehead atoms. The maximum absolute atomic E-state index is 11.7. The van der Waals surface area contributed by atoms with Crippen molar-refractivity contribution in [2.45, 2.75) is 20.3 Å². The number of hydrogen-bond acceptors (Lipinski definition) is 2. The van der Waals surface area contributed by atoms with Crippen molar-refractivity contribution in [3.05, 3.63) is 46.5 Å². The molecule has 0 spiro atoms. The summed E-state index contributed by atoms with van der Waals surface area (Å²) in [5.74, 6) is 1.01. The third kappa shape index (κ3) is 2.31. The molecule has 0 fully saturated rings. The predicted octanol–water partition coefficient (Wildman–Crippen LogP) is 3.40. The van der Waals surface area contributed by atoms with Gasteiger partial charge < -0.3 is 4.57 Å². The quantitative estimate of drug-likeness (QED) is 0.813. The van der Waals surface area contributed by atoms with E-state index in [4.69, 9.17) is 0 Å². The number of rotatable bonds is 3. The zero-order valence-corrected chi connectivity index (χ0v) is 11.4. The van der Waals surface area contributed by atoms with E-state index in [9.17, 15) is 4.79 Å². The smallest absolute Gasteiger partial charge is 0.161 e. The molecule has 0 N–H and O–H groups in total. The lowest BCUT2D eigenvalue weighted by Crippen LogP contribution is -2.05. The Morgan fingerprint density at radius 3 is 2.88 bits per heavy atom. The summed E-state index contributed by atoms with van der Waals surface area (Å²) in [7, 11) is 0. The van der Waals surface area contributed by atoms with Crippen LogP contribution in [0, 0.1) is 0 Å². The Kier molecular flexibility index (Phi) is 3.43. The monoisotopic (exact) mass is 292 g/mol. The van der Waals surface area contributed by atoms with Gasteiger partial charge in [-0.2, -0.15) is 0 Å². The molecule has 0 saturated heterocycles. The molecule has 17 heavy (non-hydrogen) atoms. The van der Waals surface area contributed by atoms with Crippen molar-refractivity contribution in [3.63, 3.8) is 0 Å². The van der Waals surface area contributed by atoms with Crippen LogP contribution in [-0.2, 0) is 6.42 Å². The number of nitrogens with zero attached hydrogens (tertiary/aromatic N) is 2. The number of carbonyl (C=O) groups excluding carboxylic acids is 1. The van der Waals surface area contributed by atoms with E-state index in [2.05, 4.69) is 20.9 Å². The lowest BCUT2D eigenvalue weighted by molar-refractivity contribution is 0.101. The van der Waals surface area contributed by atoms with Gasteiger partial charge in [0.05, 0.1) is 5.69 Å². The number of imidazole rings is 1. The number of carbonyl (C=O) groups is 1. The summed E-state index contributed by atoms with van der Waals surface area (Å²) in [6.07, 6.45) is 4.47. The average Bonchev–Trinajstić information content (AvgIpc) is 2.76. The molecule has 0 aliphatic rings. The van der Waals surface area contributed by atoms with E-state index < -0.39 is 0 Å². The van der Waals surface area contributed by atoms with Gasteiger partial charge in [-0.25, -0.2) is 4.98 Å². The summed E-state index contributed by atoms with van der Waals surface area (Å²) in [5.41, 5.74) is 1.59. The lowest BCUT2D eigenvalue weighted by atomic mass is 10.1. The first kappa shape index (κ1) is 12.0. The summed E-state index contributed by atoms with van der Waals surface area (Å²) in [6, 6.07) is 5.71. The summed E-state index contributed by atoms with van der Waals surface area (Å²) in [5, 5.41) is 0. The second kappa shape index (κ2) is 4.84. The Bertz CT molecular complexity index is 560. The molecule has 0 unspecified atom stereocenters. The molecule has 0 amide bonds. The molecule has 88 valence electrons. The van der Waals surface area contributed by atoms with Gasteiger partial charge in [-0.1, -0.05) is 22.9 Å². The number of halogens is 1. The fourth-order valence-electron chi connectivity index (χ4n) is 1.82. The van der Waals surface area contributed by atoms with Crippen LogP contribution in [0.5, 0.6) is 0 Å². The number of aryl methyl sites for hydroxylation is 1. The Labute approximate surface area is 109 Å². The molecular formula is C13H13BrN2O. The first-order valence-electron chi connectivity index (χ1n) is 5.46. The fraction of sp³-hybridized carbons (Fsp3) is 0.231. The zero-order valence-electron chi connectivity index (χ0n) is 9.77. The third-order valence-electron chi connectivity index (χ3n) is 2.63. The van der Waals surface area contributed by atoms with Gasteiger partial charge in [-0.15, -0.1) is 0 Å². The minimum Gasteiger partial charge on any atom is -0.303 e. The Balaban J connectivity index is 2.63. The molecule has 2 rings (SSSR count). The lowest BCUT2D eigenvalue weighted by Gasteiger charge is -2.11. The second-order valence-corrected chi connectivity index (χ2v) is 4.70. The van der Waals surface area contributed by atoms with Gasteiger partial charge in [-0.05, 0) is 25.1 Å². The molecule has 1 aromatic heterocycles. The number of benzene rings is 1. The summed E-state index contributed by atoms with van der Waals surface area (Å²) >= 11 is 3.39. The first-order chi connectivity index (χ1) is 8.13. The van der Waals surface area contributed by atoms with E-state index in [1.807, 2.05) is 35.9 Å². The standard InChI is InChI=1S/C13H13BrN2O/c1-3-13-15-6-7-16(13)12-5-4-10(14)8-11(12)9(2)17/h4-8H,3H2,1-2H3. The predicted molar refractivity (Wildman–Crippen MR) is 70.6 cm³/mol. The molecule has 2 aromatic rings. The van der Waals surface area contributed by atoms with Crippen LogP contribution >= 0.6 is 15.9 Å². The zero-order chi connectivity index (χ0) is 12.4. The van der Waals surface area contributed by atoms with E-state index in [-0.39, 0.29) is 5.78 Å². The third-order valence-corrected chi connectivity index (χ3v) is 3.12. The van der Waals surface area contributed by atoms with Crippen LogP contribution in [-0.4, -0.2) is 15.3 Å². The molecular weight excluding hydrogens is 280 g/mol. The van der Waals surface area contributed by atoms with E-state index in [1.165, 1.54) is 0 Å². The fourth-order valence-corrected chi connectivity index (χ4v) is 2.18. The van der Waals surface area contributed by atoms with Crippen molar-refractivity contribution in [3.8, 4) is 5.69 Å². The maximum atomic E-state index is 11.7. The summed E-state index contributed by atoms with van der Waals surface area (Å²) in [4.78, 5) is 15.9. The van der Waals surface area contributed by atoms with E-state index >= 15 is 0 Å². The Hall–Kier alpha value is -1.42. The Morgan fingerprint density at radius 2 is 2.24 bits per heavy atom. The molecule has 0 aliphatic carbocycles. The molecule has 0 saturated carbocycles. The number of Topliss-reactive ketones (excluding diaryl/α,β-unsaturated/α-hetero) is 1. The number of hydrogen-bond donors (Lipinski definition) is 0. The van der Waals surface area contributed by atoms with Crippen molar-refractivity contribution < 1.29 is 4.79 Å². The van der Waals surface area contributed by atoms with Gasteiger partial charge in [0.15, 0.2) is 5.78 Å². The highest BCUT2D eigenvalue weighted by Gasteiger charge is 2.11. The second-order valence-electron chi connectivity index (χ2n) is 3.78. The largest absolute Gasteiger partial charge is 0.303 e. The molecule has 4 heteroatoms. The molecule has 0 radical (unpaired) electrons. The van der Waals surface area contributed by atoms with Gasteiger partial charge in [0.2, 0.25) is 0 Å². The van der Waals surface area contributed by atoms with Crippen molar-refractivity contribution >= 4 is 21.7 Å². The van der Waals surface area contributed by atoms with E-state index in [1.54, 1.807) is 13.1 Å². The van der Waals surface area contributed by atoms with Gasteiger partial charge in [0.25, 0.3) is 0 Å². The highest BCUT2D eigenvalue weighted by Crippen LogP contribution is 2.22. The Morgan fingerprint density at radius 1 is 1.47 bits per heavy atom. The van der Waals surface area contributed by atoms with Crippen molar-refractivity contribution in [1.29, 1.82) is 0 Å². The molecule has 1 heterocycles. The highest BCUT2D eigenvalue weighted by atomic mass is 79.9. The minimum absolute atomic E-state index is 0.0528. The van der Waals surface area contributed by atoms with Crippen molar-refractivity contribution in [2.24, 2.45) is 0 Å². The molecule has 0 aliphatic heterocycles. The molecule has 1 aromatic carbocycles. The summed E-state index contributed by atoms with van der Waals surface area (Å²) in [6.45, 7) is 3.62. The average molecular weight is 293 g/mol. The first-order valence-corrected chi connectivity index (χ1v) is 6.26. The SMILES string of the molecule is CCc1nccn1-c1ccc(Br)cc1C(C)=O. The van der Waals surface area contributed by atoms with Crippen molar-refractivity contribution in [1.82, 2.24) is 9.55 Å². The van der Waals surface area contributed by atoms with Gasteiger partial charge in [0.1, 0.15) is 5.82 Å². The van der Waals surface area contributed by atoms with Gasteiger partial charge in [0, 0.05) is 28.9 Å². The summed E-state index contributed by atoms with van der Waals surface area (Å²) < 4.78 is 2.87. The van der Waals surface area contributed by atoms with E-state index in [0.717, 1.165) is 22.4 Å². The topological polar surface area (TPSA) is 34.9 Å². The van der Waals surface area contributed by atoms with Crippen LogP contribution in [0.2, 0.25) is 0 Å². The minimum atomic E-state index is 0.0528. The van der Waals surface area contributed by atoms with Crippen LogP contribution < -0.4 is 0 Å². The highest BCUT2D eigenvalue weighted by molar-refractivity contribution is 9.10. The van der Waals surface area contributed by atoms with Gasteiger partial charge >= 0.3 is 0 Å². The van der Waals surface area contributed by atoms with Crippen LogP contribution in [0.25, 0.3) is 5.69 Å². The molecule has 0 atom stereocenters. The van der Waals surface area contributed by atoms with Crippen LogP contribution in [0.1, 0.15) is 30.0 Å². The van der Waals surface area contributed by atoms with Crippen molar-refractivity contribution in [2.75, 3.05) is 0 Å². The normalized spacial score (nSPS) is 10.5. The number of ketones is 1. The molecule has 3 nitrogen and oxygen atoms in total. The van der Waals surface area contributed by atoms with E-state index in [0.29, 0.717) is 5.56 Å². The van der Waals surface area contributed by atoms with Gasteiger partial charge in [-0.3, -0.25) is 4.79 Å². The van der Waals surface area contributed by atoms with Crippen LogP contribution in [0.15, 0.2) is 35.1 Å². The number of aromatic nitrogens is 2. The van der Waals surface area contributed by atoms with Crippen LogP contribution in [0.3, 0.4) is 0 Å². The maximum Gasteiger partial charge on any atom is 0.161 e. The van der Waals surface area contributed by atoms with Crippen LogP contribution in [0.4, 0.5) is 0 Å².